The molecule has 2 aromatic rings. The van der Waals surface area contributed by atoms with Crippen LogP contribution in [0.3, 0.4) is 0 Å². The monoisotopic (exact) mass is 355 g/mol. The Morgan fingerprint density at radius 3 is 2.85 bits per heavy atom. The van der Waals surface area contributed by atoms with Crippen LogP contribution in [-0.4, -0.2) is 5.75 Å². The van der Waals surface area contributed by atoms with E-state index in [1.807, 2.05) is 6.07 Å². The Morgan fingerprint density at radius 2 is 2.00 bits per heavy atom. The van der Waals surface area contributed by atoms with E-state index in [0.717, 1.165) is 22.2 Å². The zero-order chi connectivity index (χ0) is 14.1. The Balaban J connectivity index is 1.94. The Morgan fingerprint density at radius 1 is 1.15 bits per heavy atom. The van der Waals surface area contributed by atoms with Crippen LogP contribution < -0.4 is 5.32 Å². The zero-order valence-electron chi connectivity index (χ0n) is 10.5. The highest BCUT2D eigenvalue weighted by Crippen LogP contribution is 2.39. The maximum absolute atomic E-state index is 13.8. The summed E-state index contributed by atoms with van der Waals surface area (Å²) in [6, 6.07) is 9.78. The topological polar surface area (TPSA) is 12.0 Å². The van der Waals surface area contributed by atoms with Gasteiger partial charge in [-0.25, -0.2) is 8.78 Å². The third kappa shape index (κ3) is 2.69. The predicted octanol–water partition coefficient (Wildman–Crippen LogP) is 5.38. The molecule has 1 unspecified atom stereocenters. The van der Waals surface area contributed by atoms with Crippen LogP contribution in [0.4, 0.5) is 14.5 Å². The molecule has 0 saturated heterocycles. The van der Waals surface area contributed by atoms with Crippen molar-refractivity contribution in [3.05, 3.63) is 58.1 Å². The number of benzene rings is 2. The van der Waals surface area contributed by atoms with Gasteiger partial charge in [0.1, 0.15) is 11.6 Å². The predicted molar refractivity (Wildman–Crippen MR) is 82.2 cm³/mol. The molecule has 0 bridgehead atoms. The zero-order valence-corrected chi connectivity index (χ0v) is 12.9. The van der Waals surface area contributed by atoms with Gasteiger partial charge in [0.25, 0.3) is 0 Å². The van der Waals surface area contributed by atoms with Gasteiger partial charge in [0.15, 0.2) is 0 Å². The summed E-state index contributed by atoms with van der Waals surface area (Å²) in [5, 5.41) is 3.19. The number of hydrogen-bond acceptors (Lipinski definition) is 2. The Hall–Kier alpha value is -1.07. The standard InChI is InChI=1S/C15H12BrF2NS/c16-9-4-5-11(17)14(8-9)19-13-6-7-20-15-10(13)2-1-3-12(15)18/h1-5,8,13,19H,6-7H2. The Bertz CT molecular complexity index is 648. The van der Waals surface area contributed by atoms with Gasteiger partial charge in [-0.15, -0.1) is 11.8 Å². The molecule has 20 heavy (non-hydrogen) atoms. The average Bonchev–Trinajstić information content (AvgIpc) is 2.44. The van der Waals surface area contributed by atoms with E-state index in [9.17, 15) is 8.78 Å². The summed E-state index contributed by atoms with van der Waals surface area (Å²) in [7, 11) is 0. The highest BCUT2D eigenvalue weighted by Gasteiger charge is 2.23. The molecule has 1 heterocycles. The van der Waals surface area contributed by atoms with E-state index in [0.29, 0.717) is 10.6 Å². The van der Waals surface area contributed by atoms with Gasteiger partial charge in [-0.2, -0.15) is 0 Å². The molecule has 3 rings (SSSR count). The smallest absolute Gasteiger partial charge is 0.146 e. The largest absolute Gasteiger partial charge is 0.376 e. The first-order valence-electron chi connectivity index (χ1n) is 6.28. The van der Waals surface area contributed by atoms with E-state index in [4.69, 9.17) is 0 Å². The van der Waals surface area contributed by atoms with Crippen molar-refractivity contribution in [1.82, 2.24) is 0 Å². The van der Waals surface area contributed by atoms with Crippen LogP contribution in [0.5, 0.6) is 0 Å². The second-order valence-corrected chi connectivity index (χ2v) is 6.64. The van der Waals surface area contributed by atoms with E-state index < -0.39 is 0 Å². The SMILES string of the molecule is Fc1ccc(Br)cc1NC1CCSc2c(F)cccc21. The molecular weight excluding hydrogens is 344 g/mol. The van der Waals surface area contributed by atoms with E-state index in [1.54, 1.807) is 18.2 Å². The van der Waals surface area contributed by atoms with Crippen LogP contribution in [0, 0.1) is 11.6 Å². The minimum absolute atomic E-state index is 0.0641. The normalized spacial score (nSPS) is 17.6. The summed E-state index contributed by atoms with van der Waals surface area (Å²) < 4.78 is 28.4. The van der Waals surface area contributed by atoms with Crippen molar-refractivity contribution in [3.63, 3.8) is 0 Å². The molecular formula is C15H12BrF2NS. The van der Waals surface area contributed by atoms with Crippen LogP contribution in [-0.2, 0) is 0 Å². The fourth-order valence-electron chi connectivity index (χ4n) is 2.33. The molecule has 0 spiro atoms. The first-order chi connectivity index (χ1) is 9.65. The van der Waals surface area contributed by atoms with Crippen LogP contribution in [0.25, 0.3) is 0 Å². The first-order valence-corrected chi connectivity index (χ1v) is 8.06. The summed E-state index contributed by atoms with van der Waals surface area (Å²) in [6.45, 7) is 0. The lowest BCUT2D eigenvalue weighted by Gasteiger charge is -2.27. The Kier molecular flexibility index (Phi) is 3.98. The van der Waals surface area contributed by atoms with E-state index >= 15 is 0 Å². The van der Waals surface area contributed by atoms with Gasteiger partial charge in [0, 0.05) is 15.1 Å². The van der Waals surface area contributed by atoms with Crippen molar-refractivity contribution >= 4 is 33.4 Å². The lowest BCUT2D eigenvalue weighted by Crippen LogP contribution is -2.17. The fraction of sp³-hybridized carbons (Fsp3) is 0.200. The fourth-order valence-corrected chi connectivity index (χ4v) is 3.83. The molecule has 0 saturated carbocycles. The van der Waals surface area contributed by atoms with Crippen LogP contribution in [0.2, 0.25) is 0 Å². The molecule has 1 N–H and O–H groups in total. The molecule has 0 fully saturated rings. The molecule has 0 aliphatic carbocycles. The second kappa shape index (κ2) is 5.74. The number of fused-ring (bicyclic) bond motifs is 1. The van der Waals surface area contributed by atoms with Crippen molar-refractivity contribution in [2.45, 2.75) is 17.4 Å². The number of nitrogens with one attached hydrogen (secondary N) is 1. The molecule has 5 heteroatoms. The van der Waals surface area contributed by atoms with Gasteiger partial charge in [-0.1, -0.05) is 28.1 Å². The molecule has 1 atom stereocenters. The molecule has 0 aromatic heterocycles. The van der Waals surface area contributed by atoms with Crippen molar-refractivity contribution in [2.24, 2.45) is 0 Å². The minimum Gasteiger partial charge on any atom is -0.376 e. The van der Waals surface area contributed by atoms with Gasteiger partial charge < -0.3 is 5.32 Å². The molecule has 1 aliphatic heterocycles. The van der Waals surface area contributed by atoms with Gasteiger partial charge in [-0.3, -0.25) is 0 Å². The molecule has 2 aromatic carbocycles. The first kappa shape index (κ1) is 13.9. The average molecular weight is 356 g/mol. The summed E-state index contributed by atoms with van der Waals surface area (Å²) in [4.78, 5) is 0.673. The summed E-state index contributed by atoms with van der Waals surface area (Å²) >= 11 is 4.85. The molecule has 1 nitrogen and oxygen atoms in total. The highest BCUT2D eigenvalue weighted by molar-refractivity contribution is 9.10. The summed E-state index contributed by atoms with van der Waals surface area (Å²) in [5.74, 6) is 0.319. The van der Waals surface area contributed by atoms with Gasteiger partial charge >= 0.3 is 0 Å². The third-order valence-electron chi connectivity index (χ3n) is 3.28. The van der Waals surface area contributed by atoms with Crippen molar-refractivity contribution < 1.29 is 8.78 Å². The van der Waals surface area contributed by atoms with Crippen molar-refractivity contribution in [1.29, 1.82) is 0 Å². The number of thioether (sulfide) groups is 1. The van der Waals surface area contributed by atoms with Crippen LogP contribution in [0.1, 0.15) is 18.0 Å². The highest BCUT2D eigenvalue weighted by atomic mass is 79.9. The maximum atomic E-state index is 13.8. The number of rotatable bonds is 2. The molecule has 1 aliphatic rings. The molecule has 0 amide bonds. The maximum Gasteiger partial charge on any atom is 0.146 e. The number of anilines is 1. The quantitative estimate of drug-likeness (QED) is 0.776. The summed E-state index contributed by atoms with van der Waals surface area (Å²) in [5.41, 5.74) is 1.34. The van der Waals surface area contributed by atoms with Crippen molar-refractivity contribution in [2.75, 3.05) is 11.1 Å². The Labute approximate surface area is 128 Å². The summed E-state index contributed by atoms with van der Waals surface area (Å²) in [6.07, 6.45) is 0.840. The number of halogens is 3. The lowest BCUT2D eigenvalue weighted by atomic mass is 10.0. The van der Waals surface area contributed by atoms with E-state index in [1.165, 1.54) is 23.9 Å². The van der Waals surface area contributed by atoms with E-state index in [-0.39, 0.29) is 17.7 Å². The van der Waals surface area contributed by atoms with Crippen LogP contribution in [0.15, 0.2) is 45.8 Å². The van der Waals surface area contributed by atoms with Gasteiger partial charge in [-0.05, 0) is 36.2 Å². The minimum atomic E-state index is -0.302. The van der Waals surface area contributed by atoms with Gasteiger partial charge in [0.05, 0.1) is 11.7 Å². The van der Waals surface area contributed by atoms with Crippen LogP contribution >= 0.6 is 27.7 Å². The van der Waals surface area contributed by atoms with Gasteiger partial charge in [0.2, 0.25) is 0 Å². The lowest BCUT2D eigenvalue weighted by molar-refractivity contribution is 0.583. The molecule has 104 valence electrons. The van der Waals surface area contributed by atoms with Crippen molar-refractivity contribution in [3.8, 4) is 0 Å². The van der Waals surface area contributed by atoms with E-state index in [2.05, 4.69) is 21.2 Å². The second-order valence-electron chi connectivity index (χ2n) is 4.62. The number of hydrogen-bond donors (Lipinski definition) is 1. The third-order valence-corrected chi connectivity index (χ3v) is 4.94. The molecule has 0 radical (unpaired) electrons.